The van der Waals surface area contributed by atoms with Crippen LogP contribution in [0.3, 0.4) is 0 Å². The summed E-state index contributed by atoms with van der Waals surface area (Å²) in [6.07, 6.45) is 7.84. The summed E-state index contributed by atoms with van der Waals surface area (Å²) in [6, 6.07) is 10.5. The van der Waals surface area contributed by atoms with Crippen LogP contribution in [0.5, 0.6) is 0 Å². The van der Waals surface area contributed by atoms with Crippen LogP contribution in [0.25, 0.3) is 0 Å². The number of aromatic nitrogens is 2. The van der Waals surface area contributed by atoms with E-state index in [1.54, 1.807) is 0 Å². The van der Waals surface area contributed by atoms with Crippen molar-refractivity contribution >= 4 is 0 Å². The van der Waals surface area contributed by atoms with Gasteiger partial charge in [0.15, 0.2) is 0 Å². The molecule has 0 amide bonds. The number of nitrogens with one attached hydrogen (secondary N) is 1. The highest BCUT2D eigenvalue weighted by atomic mass is 14.9. The molecule has 1 aromatic carbocycles. The summed E-state index contributed by atoms with van der Waals surface area (Å²) in [6.45, 7) is 2.23. The number of hydrogen-bond acceptors (Lipinski definition) is 1. The highest BCUT2D eigenvalue weighted by molar-refractivity contribution is 5.19. The molecule has 0 aliphatic heterocycles. The Morgan fingerprint density at radius 3 is 2.71 bits per heavy atom. The molecule has 0 unspecified atom stereocenters. The standard InChI is InChI=1S/C15H20N2/c1-2-3-5-10-14-12-16-15(17-14)11-13-8-6-4-7-9-13/h4,6-9,12H,2-3,5,10-11H2,1H3,(H,16,17). The fourth-order valence-corrected chi connectivity index (χ4v) is 1.97. The molecule has 1 heterocycles. The van der Waals surface area contributed by atoms with Gasteiger partial charge in [-0.3, -0.25) is 0 Å². The maximum atomic E-state index is 4.62. The maximum Gasteiger partial charge on any atom is 0.110 e. The summed E-state index contributed by atoms with van der Waals surface area (Å²) >= 11 is 0. The summed E-state index contributed by atoms with van der Waals surface area (Å²) in [5, 5.41) is 0. The third-order valence-electron chi connectivity index (χ3n) is 2.93. The SMILES string of the molecule is CCCCCc1c[nH]c(Cc2ccccc2)n1. The number of hydrogen-bond donors (Lipinski definition) is 1. The van der Waals surface area contributed by atoms with Crippen LogP contribution in [-0.2, 0) is 12.8 Å². The van der Waals surface area contributed by atoms with Gasteiger partial charge in [-0.2, -0.15) is 0 Å². The van der Waals surface area contributed by atoms with Gasteiger partial charge in [0.2, 0.25) is 0 Å². The summed E-state index contributed by atoms with van der Waals surface area (Å²) in [5.74, 6) is 1.07. The minimum absolute atomic E-state index is 0.897. The van der Waals surface area contributed by atoms with Gasteiger partial charge in [-0.15, -0.1) is 0 Å². The van der Waals surface area contributed by atoms with Crippen molar-refractivity contribution in [2.24, 2.45) is 0 Å². The number of benzene rings is 1. The Bertz CT molecular complexity index is 431. The van der Waals surface area contributed by atoms with E-state index in [4.69, 9.17) is 0 Å². The van der Waals surface area contributed by atoms with E-state index in [9.17, 15) is 0 Å². The van der Waals surface area contributed by atoms with Crippen LogP contribution in [0.2, 0.25) is 0 Å². The lowest BCUT2D eigenvalue weighted by Crippen LogP contribution is -1.91. The van der Waals surface area contributed by atoms with Crippen LogP contribution in [0, 0.1) is 0 Å². The number of rotatable bonds is 6. The molecule has 0 bridgehead atoms. The lowest BCUT2D eigenvalue weighted by molar-refractivity contribution is 0.708. The van der Waals surface area contributed by atoms with E-state index < -0.39 is 0 Å². The molecule has 2 rings (SSSR count). The van der Waals surface area contributed by atoms with Crippen LogP contribution < -0.4 is 0 Å². The van der Waals surface area contributed by atoms with Gasteiger partial charge >= 0.3 is 0 Å². The van der Waals surface area contributed by atoms with E-state index in [1.165, 1.54) is 30.5 Å². The van der Waals surface area contributed by atoms with Gasteiger partial charge in [0, 0.05) is 12.6 Å². The second-order valence-corrected chi connectivity index (χ2v) is 4.46. The highest BCUT2D eigenvalue weighted by Crippen LogP contribution is 2.08. The molecule has 0 saturated heterocycles. The van der Waals surface area contributed by atoms with Crippen molar-refractivity contribution in [3.63, 3.8) is 0 Å². The Labute approximate surface area is 103 Å². The van der Waals surface area contributed by atoms with E-state index in [0.717, 1.165) is 18.7 Å². The average Bonchev–Trinajstić information content (AvgIpc) is 2.79. The first-order valence-corrected chi connectivity index (χ1v) is 6.45. The van der Waals surface area contributed by atoms with Crippen molar-refractivity contribution in [2.75, 3.05) is 0 Å². The molecular formula is C15H20N2. The molecule has 0 fully saturated rings. The molecule has 17 heavy (non-hydrogen) atoms. The van der Waals surface area contributed by atoms with Crippen LogP contribution in [0.15, 0.2) is 36.5 Å². The van der Waals surface area contributed by atoms with Crippen LogP contribution in [-0.4, -0.2) is 9.97 Å². The van der Waals surface area contributed by atoms with Crippen LogP contribution in [0.4, 0.5) is 0 Å². The number of unbranched alkanes of at least 4 members (excludes halogenated alkanes) is 2. The number of nitrogens with zero attached hydrogens (tertiary/aromatic N) is 1. The Morgan fingerprint density at radius 1 is 1.12 bits per heavy atom. The van der Waals surface area contributed by atoms with Crippen molar-refractivity contribution in [1.82, 2.24) is 9.97 Å². The first kappa shape index (κ1) is 11.9. The lowest BCUT2D eigenvalue weighted by Gasteiger charge is -1.97. The predicted molar refractivity (Wildman–Crippen MR) is 71.1 cm³/mol. The van der Waals surface area contributed by atoms with Gasteiger partial charge in [0.1, 0.15) is 5.82 Å². The molecule has 0 radical (unpaired) electrons. The summed E-state index contributed by atoms with van der Waals surface area (Å²) in [7, 11) is 0. The van der Waals surface area contributed by atoms with Crippen molar-refractivity contribution in [3.8, 4) is 0 Å². The molecule has 2 aromatic rings. The van der Waals surface area contributed by atoms with Crippen molar-refractivity contribution < 1.29 is 0 Å². The van der Waals surface area contributed by atoms with E-state index in [2.05, 4.69) is 41.2 Å². The quantitative estimate of drug-likeness (QED) is 0.750. The molecular weight excluding hydrogens is 208 g/mol. The third kappa shape index (κ3) is 3.74. The first-order valence-electron chi connectivity index (χ1n) is 6.45. The third-order valence-corrected chi connectivity index (χ3v) is 2.93. The van der Waals surface area contributed by atoms with Crippen molar-refractivity contribution in [3.05, 3.63) is 53.6 Å². The zero-order chi connectivity index (χ0) is 11.9. The molecule has 0 aliphatic carbocycles. The molecule has 2 nitrogen and oxygen atoms in total. The highest BCUT2D eigenvalue weighted by Gasteiger charge is 2.02. The Hall–Kier alpha value is -1.57. The fraction of sp³-hybridized carbons (Fsp3) is 0.400. The fourth-order valence-electron chi connectivity index (χ4n) is 1.97. The first-order chi connectivity index (χ1) is 8.38. The van der Waals surface area contributed by atoms with Crippen LogP contribution in [0.1, 0.15) is 43.3 Å². The summed E-state index contributed by atoms with van der Waals surface area (Å²) in [5.41, 5.74) is 2.51. The maximum absolute atomic E-state index is 4.62. The smallest absolute Gasteiger partial charge is 0.110 e. The second kappa shape index (κ2) is 6.24. The van der Waals surface area contributed by atoms with Gasteiger partial charge < -0.3 is 4.98 Å². The minimum atomic E-state index is 0.897. The summed E-state index contributed by atoms with van der Waals surface area (Å²) < 4.78 is 0. The van der Waals surface area contributed by atoms with Gasteiger partial charge in [-0.05, 0) is 18.4 Å². The van der Waals surface area contributed by atoms with E-state index in [1.807, 2.05) is 12.3 Å². The topological polar surface area (TPSA) is 28.7 Å². The predicted octanol–water partition coefficient (Wildman–Crippen LogP) is 3.73. The van der Waals surface area contributed by atoms with Crippen molar-refractivity contribution in [2.45, 2.75) is 39.0 Å². The van der Waals surface area contributed by atoms with E-state index in [-0.39, 0.29) is 0 Å². The van der Waals surface area contributed by atoms with Gasteiger partial charge in [0.25, 0.3) is 0 Å². The van der Waals surface area contributed by atoms with E-state index >= 15 is 0 Å². The number of imidazole rings is 1. The Morgan fingerprint density at radius 2 is 1.94 bits per heavy atom. The van der Waals surface area contributed by atoms with Gasteiger partial charge in [0.05, 0.1) is 5.69 Å². The molecule has 90 valence electrons. The average molecular weight is 228 g/mol. The summed E-state index contributed by atoms with van der Waals surface area (Å²) in [4.78, 5) is 7.89. The van der Waals surface area contributed by atoms with Gasteiger partial charge in [-0.25, -0.2) is 4.98 Å². The molecule has 0 atom stereocenters. The Balaban J connectivity index is 1.90. The number of H-pyrrole nitrogens is 1. The molecule has 1 N–H and O–H groups in total. The monoisotopic (exact) mass is 228 g/mol. The zero-order valence-electron chi connectivity index (χ0n) is 10.4. The molecule has 0 saturated carbocycles. The lowest BCUT2D eigenvalue weighted by atomic mass is 10.1. The molecule has 2 heteroatoms. The number of aryl methyl sites for hydroxylation is 1. The van der Waals surface area contributed by atoms with Crippen LogP contribution >= 0.6 is 0 Å². The largest absolute Gasteiger partial charge is 0.348 e. The molecule has 1 aromatic heterocycles. The molecule has 0 spiro atoms. The van der Waals surface area contributed by atoms with Gasteiger partial charge in [-0.1, -0.05) is 50.1 Å². The van der Waals surface area contributed by atoms with Crippen molar-refractivity contribution in [1.29, 1.82) is 0 Å². The second-order valence-electron chi connectivity index (χ2n) is 4.46. The zero-order valence-corrected chi connectivity index (χ0v) is 10.4. The minimum Gasteiger partial charge on any atom is -0.348 e. The normalized spacial score (nSPS) is 10.6. The number of aromatic amines is 1. The Kier molecular flexibility index (Phi) is 4.37. The molecule has 0 aliphatic rings. The van der Waals surface area contributed by atoms with E-state index in [0.29, 0.717) is 0 Å².